The second-order valence-electron chi connectivity index (χ2n) is 6.90. The largest absolute Gasteiger partial charge is 0.393 e. The number of hydrogen-bond donors (Lipinski definition) is 2. The highest BCUT2D eigenvalue weighted by Gasteiger charge is 2.40. The van der Waals surface area contributed by atoms with Crippen LogP contribution in [0.4, 0.5) is 0 Å². The first-order valence-electron chi connectivity index (χ1n) is 8.41. The number of hydrogen-bond acceptors (Lipinski definition) is 3. The average molecular weight is 294 g/mol. The zero-order valence-corrected chi connectivity index (χ0v) is 12.6. The third-order valence-electron chi connectivity index (χ3n) is 5.09. The van der Waals surface area contributed by atoms with Crippen LogP contribution in [0.15, 0.2) is 0 Å². The molecule has 0 radical (unpaired) electrons. The lowest BCUT2D eigenvalue weighted by atomic mass is 9.87. The Morgan fingerprint density at radius 1 is 1.10 bits per heavy atom. The van der Waals surface area contributed by atoms with Crippen LogP contribution in [-0.4, -0.2) is 47.1 Å². The molecule has 0 bridgehead atoms. The fourth-order valence-electron chi connectivity index (χ4n) is 3.68. The van der Waals surface area contributed by atoms with E-state index in [-0.39, 0.29) is 29.9 Å². The number of likely N-dealkylation sites (tertiary alicyclic amines) is 1. The van der Waals surface area contributed by atoms with Gasteiger partial charge in [0.25, 0.3) is 0 Å². The SMILES string of the molecule is O=C(NCC1CCCC(O)C1)C1CCCN1C(=O)C1CC1. The molecule has 0 aromatic rings. The molecule has 3 atom stereocenters. The van der Waals surface area contributed by atoms with Crippen molar-refractivity contribution in [3.63, 3.8) is 0 Å². The smallest absolute Gasteiger partial charge is 0.242 e. The van der Waals surface area contributed by atoms with Gasteiger partial charge in [0.1, 0.15) is 6.04 Å². The van der Waals surface area contributed by atoms with Crippen molar-refractivity contribution in [3.8, 4) is 0 Å². The van der Waals surface area contributed by atoms with E-state index in [1.54, 1.807) is 4.90 Å². The van der Waals surface area contributed by atoms with Gasteiger partial charge in [-0.1, -0.05) is 6.42 Å². The number of amides is 2. The van der Waals surface area contributed by atoms with Crippen LogP contribution in [-0.2, 0) is 9.59 Å². The topological polar surface area (TPSA) is 69.6 Å². The average Bonchev–Trinajstić information content (AvgIpc) is 3.21. The number of aliphatic hydroxyl groups is 1. The minimum atomic E-state index is -0.258. The van der Waals surface area contributed by atoms with Crippen molar-refractivity contribution >= 4 is 11.8 Å². The fourth-order valence-corrected chi connectivity index (χ4v) is 3.68. The summed E-state index contributed by atoms with van der Waals surface area (Å²) < 4.78 is 0. The van der Waals surface area contributed by atoms with Crippen molar-refractivity contribution in [2.45, 2.75) is 63.5 Å². The number of carbonyl (C=O) groups excluding carboxylic acids is 2. The molecule has 3 fully saturated rings. The zero-order valence-electron chi connectivity index (χ0n) is 12.6. The normalized spacial score (nSPS) is 33.0. The Balaban J connectivity index is 1.48. The van der Waals surface area contributed by atoms with E-state index >= 15 is 0 Å². The number of carbonyl (C=O) groups is 2. The molecule has 2 N–H and O–H groups in total. The summed E-state index contributed by atoms with van der Waals surface area (Å²) in [5.74, 6) is 0.751. The lowest BCUT2D eigenvalue weighted by Gasteiger charge is -2.28. The summed E-state index contributed by atoms with van der Waals surface area (Å²) in [6, 6.07) is -0.258. The van der Waals surface area contributed by atoms with Crippen LogP contribution in [0.25, 0.3) is 0 Å². The van der Waals surface area contributed by atoms with Crippen LogP contribution in [0, 0.1) is 11.8 Å². The van der Waals surface area contributed by atoms with Crippen LogP contribution >= 0.6 is 0 Å². The summed E-state index contributed by atoms with van der Waals surface area (Å²) >= 11 is 0. The van der Waals surface area contributed by atoms with Gasteiger partial charge >= 0.3 is 0 Å². The molecule has 0 spiro atoms. The zero-order chi connectivity index (χ0) is 14.8. The van der Waals surface area contributed by atoms with Crippen LogP contribution in [0.1, 0.15) is 51.4 Å². The predicted molar refractivity (Wildman–Crippen MR) is 78.4 cm³/mol. The summed E-state index contributed by atoms with van der Waals surface area (Å²) in [6.45, 7) is 1.37. The molecule has 118 valence electrons. The Morgan fingerprint density at radius 2 is 1.90 bits per heavy atom. The van der Waals surface area contributed by atoms with E-state index in [1.807, 2.05) is 0 Å². The molecule has 5 heteroatoms. The molecular weight excluding hydrogens is 268 g/mol. The van der Waals surface area contributed by atoms with Gasteiger partial charge in [-0.05, 0) is 50.9 Å². The lowest BCUT2D eigenvalue weighted by Crippen LogP contribution is -2.47. The Labute approximate surface area is 126 Å². The first-order chi connectivity index (χ1) is 10.1. The molecule has 0 aromatic carbocycles. The van der Waals surface area contributed by atoms with Gasteiger partial charge < -0.3 is 15.3 Å². The molecule has 1 aliphatic heterocycles. The fraction of sp³-hybridized carbons (Fsp3) is 0.875. The highest BCUT2D eigenvalue weighted by atomic mass is 16.3. The van der Waals surface area contributed by atoms with Crippen molar-refractivity contribution in [1.82, 2.24) is 10.2 Å². The molecule has 3 rings (SSSR count). The van der Waals surface area contributed by atoms with E-state index in [9.17, 15) is 14.7 Å². The summed E-state index contributed by atoms with van der Waals surface area (Å²) in [4.78, 5) is 26.3. The standard InChI is InChI=1S/C16H26N2O3/c19-13-4-1-3-11(9-13)10-17-15(20)14-5-2-8-18(14)16(21)12-6-7-12/h11-14,19H,1-10H2,(H,17,20). The van der Waals surface area contributed by atoms with Gasteiger partial charge in [0.15, 0.2) is 0 Å². The molecule has 3 unspecified atom stereocenters. The van der Waals surface area contributed by atoms with Crippen LogP contribution in [0.2, 0.25) is 0 Å². The monoisotopic (exact) mass is 294 g/mol. The third kappa shape index (κ3) is 3.57. The molecule has 5 nitrogen and oxygen atoms in total. The van der Waals surface area contributed by atoms with E-state index in [0.717, 1.165) is 57.9 Å². The van der Waals surface area contributed by atoms with E-state index < -0.39 is 0 Å². The summed E-state index contributed by atoms with van der Waals surface area (Å²) in [5, 5.41) is 12.7. The van der Waals surface area contributed by atoms with E-state index in [1.165, 1.54) is 0 Å². The summed E-state index contributed by atoms with van der Waals surface area (Å²) in [6.07, 6.45) is 7.28. The lowest BCUT2D eigenvalue weighted by molar-refractivity contribution is -0.139. The van der Waals surface area contributed by atoms with Gasteiger partial charge in [0.05, 0.1) is 6.10 Å². The van der Waals surface area contributed by atoms with E-state index in [2.05, 4.69) is 5.32 Å². The Kier molecular flexibility index (Phi) is 4.48. The first kappa shape index (κ1) is 14.8. The predicted octanol–water partition coefficient (Wildman–Crippen LogP) is 1.05. The number of nitrogens with one attached hydrogen (secondary N) is 1. The molecular formula is C16H26N2O3. The Bertz CT molecular complexity index is 408. The molecule has 1 saturated heterocycles. The highest BCUT2D eigenvalue weighted by molar-refractivity contribution is 5.89. The molecule has 2 saturated carbocycles. The van der Waals surface area contributed by atoms with Crippen LogP contribution < -0.4 is 5.32 Å². The van der Waals surface area contributed by atoms with Gasteiger partial charge in [0.2, 0.25) is 11.8 Å². The maximum absolute atomic E-state index is 12.4. The van der Waals surface area contributed by atoms with Gasteiger partial charge in [-0.25, -0.2) is 0 Å². The second-order valence-corrected chi connectivity index (χ2v) is 6.90. The van der Waals surface area contributed by atoms with Gasteiger partial charge in [-0.2, -0.15) is 0 Å². The molecule has 3 aliphatic rings. The summed E-state index contributed by atoms with van der Waals surface area (Å²) in [7, 11) is 0. The Morgan fingerprint density at radius 3 is 2.62 bits per heavy atom. The molecule has 2 amide bonds. The number of aliphatic hydroxyl groups excluding tert-OH is 1. The van der Waals surface area contributed by atoms with Crippen molar-refractivity contribution in [2.75, 3.05) is 13.1 Å². The van der Waals surface area contributed by atoms with Crippen molar-refractivity contribution in [2.24, 2.45) is 11.8 Å². The van der Waals surface area contributed by atoms with Crippen molar-refractivity contribution in [3.05, 3.63) is 0 Å². The van der Waals surface area contributed by atoms with E-state index in [4.69, 9.17) is 0 Å². The molecule has 21 heavy (non-hydrogen) atoms. The van der Waals surface area contributed by atoms with Gasteiger partial charge in [-0.3, -0.25) is 9.59 Å². The van der Waals surface area contributed by atoms with Crippen LogP contribution in [0.3, 0.4) is 0 Å². The van der Waals surface area contributed by atoms with E-state index in [0.29, 0.717) is 12.5 Å². The van der Waals surface area contributed by atoms with Crippen molar-refractivity contribution < 1.29 is 14.7 Å². The Hall–Kier alpha value is -1.10. The molecule has 0 aromatic heterocycles. The minimum absolute atomic E-state index is 0.00145. The van der Waals surface area contributed by atoms with Crippen LogP contribution in [0.5, 0.6) is 0 Å². The quantitative estimate of drug-likeness (QED) is 0.814. The summed E-state index contributed by atoms with van der Waals surface area (Å²) in [5.41, 5.74) is 0. The van der Waals surface area contributed by atoms with Gasteiger partial charge in [0, 0.05) is 19.0 Å². The minimum Gasteiger partial charge on any atom is -0.393 e. The van der Waals surface area contributed by atoms with Crippen molar-refractivity contribution in [1.29, 1.82) is 0 Å². The maximum Gasteiger partial charge on any atom is 0.242 e. The maximum atomic E-state index is 12.4. The van der Waals surface area contributed by atoms with Gasteiger partial charge in [-0.15, -0.1) is 0 Å². The second kappa shape index (κ2) is 6.34. The number of nitrogens with zero attached hydrogens (tertiary/aromatic N) is 1. The third-order valence-corrected chi connectivity index (χ3v) is 5.09. The molecule has 2 aliphatic carbocycles. The number of rotatable bonds is 4. The molecule has 1 heterocycles. The first-order valence-corrected chi connectivity index (χ1v) is 8.41. The highest BCUT2D eigenvalue weighted by Crippen LogP contribution is 2.33.